The third kappa shape index (κ3) is 1.62. The van der Waals surface area contributed by atoms with Gasteiger partial charge in [0.15, 0.2) is 6.29 Å². The zero-order chi connectivity index (χ0) is 10.1. The third-order valence-corrected chi connectivity index (χ3v) is 3.85. The Kier molecular flexibility index (Phi) is 2.95. The molecule has 0 unspecified atom stereocenters. The van der Waals surface area contributed by atoms with E-state index < -0.39 is 0 Å². The van der Waals surface area contributed by atoms with Gasteiger partial charge in [-0.3, -0.25) is 4.79 Å². The van der Waals surface area contributed by atoms with Crippen LogP contribution in [0.2, 0.25) is 0 Å². The van der Waals surface area contributed by atoms with Crippen molar-refractivity contribution in [1.82, 2.24) is 0 Å². The van der Waals surface area contributed by atoms with Gasteiger partial charge < -0.3 is 0 Å². The SMILES string of the molecule is O=Cc1csc2cc(S)cc(CBr)c12. The molecular formula is C10H7BrOS2. The van der Waals surface area contributed by atoms with E-state index in [2.05, 4.69) is 28.6 Å². The summed E-state index contributed by atoms with van der Waals surface area (Å²) in [4.78, 5) is 11.7. The first-order chi connectivity index (χ1) is 6.76. The Bertz CT molecular complexity index is 490. The summed E-state index contributed by atoms with van der Waals surface area (Å²) < 4.78 is 1.12. The fourth-order valence-electron chi connectivity index (χ4n) is 1.46. The normalized spacial score (nSPS) is 10.7. The molecule has 0 saturated carbocycles. The Hall–Kier alpha value is -0.320. The van der Waals surface area contributed by atoms with E-state index in [4.69, 9.17) is 0 Å². The first kappa shape index (κ1) is 10.2. The van der Waals surface area contributed by atoms with Crippen LogP contribution in [0.1, 0.15) is 15.9 Å². The zero-order valence-electron chi connectivity index (χ0n) is 7.16. The number of thiophene rings is 1. The van der Waals surface area contributed by atoms with Crippen molar-refractivity contribution in [3.8, 4) is 0 Å². The van der Waals surface area contributed by atoms with Crippen LogP contribution in [-0.4, -0.2) is 6.29 Å². The minimum absolute atomic E-state index is 0.746. The first-order valence-electron chi connectivity index (χ1n) is 4.00. The molecule has 0 aliphatic carbocycles. The third-order valence-electron chi connectivity index (χ3n) is 2.04. The van der Waals surface area contributed by atoms with Gasteiger partial charge in [-0.2, -0.15) is 0 Å². The lowest BCUT2D eigenvalue weighted by atomic mass is 10.1. The Morgan fingerprint density at radius 1 is 1.50 bits per heavy atom. The van der Waals surface area contributed by atoms with Crippen LogP contribution in [0.5, 0.6) is 0 Å². The van der Waals surface area contributed by atoms with Gasteiger partial charge in [0.05, 0.1) is 0 Å². The maximum absolute atomic E-state index is 10.8. The molecule has 1 aromatic heterocycles. The molecule has 0 spiro atoms. The second-order valence-electron chi connectivity index (χ2n) is 2.92. The number of carbonyl (C=O) groups is 1. The lowest BCUT2D eigenvalue weighted by Gasteiger charge is -2.01. The Balaban J connectivity index is 2.85. The summed E-state index contributed by atoms with van der Waals surface area (Å²) in [7, 11) is 0. The van der Waals surface area contributed by atoms with E-state index in [1.54, 1.807) is 11.3 Å². The number of alkyl halides is 1. The van der Waals surface area contributed by atoms with Crippen molar-refractivity contribution in [2.24, 2.45) is 0 Å². The molecule has 0 bridgehead atoms. The highest BCUT2D eigenvalue weighted by atomic mass is 79.9. The van der Waals surface area contributed by atoms with Crippen LogP contribution >= 0.6 is 39.9 Å². The van der Waals surface area contributed by atoms with Crippen molar-refractivity contribution in [2.45, 2.75) is 10.2 Å². The summed E-state index contributed by atoms with van der Waals surface area (Å²) in [5, 5.41) is 3.69. The lowest BCUT2D eigenvalue weighted by Crippen LogP contribution is -1.83. The molecular weight excluding hydrogens is 280 g/mol. The van der Waals surface area contributed by atoms with Gasteiger partial charge >= 0.3 is 0 Å². The molecule has 1 aromatic carbocycles. The van der Waals surface area contributed by atoms with E-state index in [0.717, 1.165) is 37.7 Å². The molecule has 0 fully saturated rings. The predicted octanol–water partition coefficient (Wildman–Crippen LogP) is 3.90. The Labute approximate surface area is 99.7 Å². The second kappa shape index (κ2) is 4.04. The van der Waals surface area contributed by atoms with Crippen LogP contribution in [-0.2, 0) is 5.33 Å². The summed E-state index contributed by atoms with van der Waals surface area (Å²) in [5.74, 6) is 0. The number of aldehydes is 1. The number of hydrogen-bond acceptors (Lipinski definition) is 3. The van der Waals surface area contributed by atoms with Crippen molar-refractivity contribution in [3.63, 3.8) is 0 Å². The van der Waals surface area contributed by atoms with Crippen LogP contribution in [0, 0.1) is 0 Å². The number of carbonyl (C=O) groups excluding carboxylic acids is 1. The average molecular weight is 287 g/mol. The van der Waals surface area contributed by atoms with Crippen LogP contribution in [0.25, 0.3) is 10.1 Å². The van der Waals surface area contributed by atoms with Gasteiger partial charge in [0.25, 0.3) is 0 Å². The highest BCUT2D eigenvalue weighted by molar-refractivity contribution is 9.08. The topological polar surface area (TPSA) is 17.1 Å². The maximum Gasteiger partial charge on any atom is 0.151 e. The molecule has 2 aromatic rings. The second-order valence-corrected chi connectivity index (χ2v) is 4.91. The van der Waals surface area contributed by atoms with E-state index in [1.807, 2.05) is 17.5 Å². The standard InChI is InChI=1S/C10H7BrOS2/c11-3-6-1-8(13)2-9-10(6)7(4-12)5-14-9/h1-2,4-5,13H,3H2. The molecule has 0 aliphatic rings. The molecule has 0 atom stereocenters. The quantitative estimate of drug-likeness (QED) is 0.503. The fraction of sp³-hybridized carbons (Fsp3) is 0.100. The van der Waals surface area contributed by atoms with Gasteiger partial charge in [-0.25, -0.2) is 0 Å². The molecule has 1 heterocycles. The average Bonchev–Trinajstić information content (AvgIpc) is 2.59. The van der Waals surface area contributed by atoms with Crippen LogP contribution in [0.3, 0.4) is 0 Å². The van der Waals surface area contributed by atoms with E-state index in [-0.39, 0.29) is 0 Å². The first-order valence-corrected chi connectivity index (χ1v) is 6.45. The molecule has 0 radical (unpaired) electrons. The van der Waals surface area contributed by atoms with Crippen molar-refractivity contribution >= 4 is 56.3 Å². The molecule has 0 saturated heterocycles. The summed E-state index contributed by atoms with van der Waals surface area (Å²) in [5.41, 5.74) is 1.89. The zero-order valence-corrected chi connectivity index (χ0v) is 10.5. The van der Waals surface area contributed by atoms with Gasteiger partial charge in [-0.1, -0.05) is 15.9 Å². The molecule has 0 aliphatic heterocycles. The van der Waals surface area contributed by atoms with Crippen molar-refractivity contribution in [2.75, 3.05) is 0 Å². The van der Waals surface area contributed by atoms with Gasteiger partial charge in [0.1, 0.15) is 0 Å². The predicted molar refractivity (Wildman–Crippen MR) is 67.1 cm³/mol. The van der Waals surface area contributed by atoms with Gasteiger partial charge in [-0.15, -0.1) is 24.0 Å². The Morgan fingerprint density at radius 2 is 2.29 bits per heavy atom. The largest absolute Gasteiger partial charge is 0.298 e. The number of fused-ring (bicyclic) bond motifs is 1. The highest BCUT2D eigenvalue weighted by Gasteiger charge is 2.08. The lowest BCUT2D eigenvalue weighted by molar-refractivity contribution is 0.112. The van der Waals surface area contributed by atoms with Gasteiger partial charge in [0.2, 0.25) is 0 Å². The van der Waals surface area contributed by atoms with Crippen molar-refractivity contribution in [1.29, 1.82) is 0 Å². The van der Waals surface area contributed by atoms with Gasteiger partial charge in [-0.05, 0) is 17.7 Å². The molecule has 14 heavy (non-hydrogen) atoms. The number of thiol groups is 1. The minimum atomic E-state index is 0.746. The number of hydrogen-bond donors (Lipinski definition) is 1. The molecule has 2 rings (SSSR count). The van der Waals surface area contributed by atoms with E-state index in [1.165, 1.54) is 0 Å². The smallest absolute Gasteiger partial charge is 0.151 e. The fourth-order valence-corrected chi connectivity index (χ4v) is 3.26. The van der Waals surface area contributed by atoms with Crippen LogP contribution < -0.4 is 0 Å². The van der Waals surface area contributed by atoms with E-state index >= 15 is 0 Å². The Morgan fingerprint density at radius 3 is 2.93 bits per heavy atom. The summed E-state index contributed by atoms with van der Waals surface area (Å²) in [6, 6.07) is 3.97. The summed E-state index contributed by atoms with van der Waals surface area (Å²) >= 11 is 9.32. The van der Waals surface area contributed by atoms with Crippen molar-refractivity contribution < 1.29 is 4.79 Å². The molecule has 0 amide bonds. The molecule has 0 N–H and O–H groups in total. The van der Waals surface area contributed by atoms with Crippen LogP contribution in [0.4, 0.5) is 0 Å². The summed E-state index contributed by atoms with van der Waals surface area (Å²) in [6.45, 7) is 0. The minimum Gasteiger partial charge on any atom is -0.298 e. The molecule has 4 heteroatoms. The maximum atomic E-state index is 10.8. The van der Waals surface area contributed by atoms with Gasteiger partial charge in [0, 0.05) is 31.3 Å². The van der Waals surface area contributed by atoms with Crippen LogP contribution in [0.15, 0.2) is 22.4 Å². The van der Waals surface area contributed by atoms with E-state index in [0.29, 0.717) is 0 Å². The molecule has 72 valence electrons. The number of rotatable bonds is 2. The highest BCUT2D eigenvalue weighted by Crippen LogP contribution is 2.31. The summed E-state index contributed by atoms with van der Waals surface area (Å²) in [6.07, 6.45) is 0.906. The van der Waals surface area contributed by atoms with Crippen molar-refractivity contribution in [3.05, 3.63) is 28.6 Å². The number of benzene rings is 1. The van der Waals surface area contributed by atoms with E-state index in [9.17, 15) is 4.79 Å². The monoisotopic (exact) mass is 286 g/mol. The number of halogens is 1. The molecule has 1 nitrogen and oxygen atoms in total.